The summed E-state index contributed by atoms with van der Waals surface area (Å²) in [6.45, 7) is 11.7. The molecule has 1 N–H and O–H groups in total. The number of rotatable bonds is 7. The topological polar surface area (TPSA) is 103 Å². The van der Waals surface area contributed by atoms with Gasteiger partial charge in [0.1, 0.15) is 11.5 Å². The highest BCUT2D eigenvalue weighted by atomic mass is 16.7. The van der Waals surface area contributed by atoms with Gasteiger partial charge in [0.05, 0.1) is 28.7 Å². The number of carbonyl (C=O) groups is 1. The number of benzene rings is 2. The summed E-state index contributed by atoms with van der Waals surface area (Å²) in [7, 11) is 2.89. The first kappa shape index (κ1) is 25.7. The molecule has 0 unspecified atom stereocenters. The lowest BCUT2D eigenvalue weighted by Gasteiger charge is -2.32. The van der Waals surface area contributed by atoms with Gasteiger partial charge in [0.15, 0.2) is 0 Å². The van der Waals surface area contributed by atoms with Crippen molar-refractivity contribution in [3.05, 3.63) is 51.6 Å². The molecule has 1 aliphatic heterocycles. The number of aryl methyl sites for hydroxylation is 2. The lowest BCUT2D eigenvalue weighted by Crippen LogP contribution is -2.41. The van der Waals surface area contributed by atoms with E-state index < -0.39 is 23.2 Å². The Morgan fingerprint density at radius 2 is 1.62 bits per heavy atom. The van der Waals surface area contributed by atoms with Crippen LogP contribution in [0.25, 0.3) is 0 Å². The normalized spacial score (nSPS) is 16.6. The van der Waals surface area contributed by atoms with Gasteiger partial charge in [0.25, 0.3) is 5.69 Å². The van der Waals surface area contributed by atoms with Gasteiger partial charge >= 0.3 is 7.12 Å². The molecule has 1 heterocycles. The van der Waals surface area contributed by atoms with Crippen molar-refractivity contribution in [3.8, 4) is 11.5 Å². The van der Waals surface area contributed by atoms with Crippen molar-refractivity contribution in [1.29, 1.82) is 0 Å². The summed E-state index contributed by atoms with van der Waals surface area (Å²) in [4.78, 5) is 25.0. The van der Waals surface area contributed by atoms with E-state index in [1.165, 1.54) is 12.1 Å². The summed E-state index contributed by atoms with van der Waals surface area (Å²) in [6, 6.07) is 8.13. The van der Waals surface area contributed by atoms with Crippen LogP contribution in [-0.2, 0) is 14.1 Å². The first-order chi connectivity index (χ1) is 15.7. The minimum Gasteiger partial charge on any atom is -0.457 e. The van der Waals surface area contributed by atoms with Gasteiger partial charge in [-0.1, -0.05) is 0 Å². The molecule has 34 heavy (non-hydrogen) atoms. The van der Waals surface area contributed by atoms with E-state index in [0.717, 1.165) is 11.1 Å². The number of nitrogens with one attached hydrogen (secondary N) is 1. The van der Waals surface area contributed by atoms with Gasteiger partial charge < -0.3 is 24.3 Å². The average molecular weight is 469 g/mol. The van der Waals surface area contributed by atoms with Gasteiger partial charge in [0, 0.05) is 11.8 Å². The number of ether oxygens (including phenoxy) is 1. The van der Waals surface area contributed by atoms with Crippen molar-refractivity contribution in [3.63, 3.8) is 0 Å². The Labute approximate surface area is 200 Å². The number of nitrogens with zero attached hydrogens (tertiary/aromatic N) is 2. The van der Waals surface area contributed by atoms with Crippen LogP contribution in [0.5, 0.6) is 11.5 Å². The molecule has 3 rings (SSSR count). The molecule has 1 fully saturated rings. The van der Waals surface area contributed by atoms with E-state index in [9.17, 15) is 14.9 Å². The van der Waals surface area contributed by atoms with E-state index in [-0.39, 0.29) is 18.1 Å². The maximum Gasteiger partial charge on any atom is 0.495 e. The lowest BCUT2D eigenvalue weighted by molar-refractivity contribution is -0.384. The van der Waals surface area contributed by atoms with Crippen LogP contribution in [0.15, 0.2) is 30.3 Å². The van der Waals surface area contributed by atoms with Crippen LogP contribution in [0.1, 0.15) is 38.8 Å². The molecule has 0 atom stereocenters. The summed E-state index contributed by atoms with van der Waals surface area (Å²) < 4.78 is 18.3. The number of nitro groups is 1. The minimum absolute atomic E-state index is 0.120. The second kappa shape index (κ2) is 9.36. The number of amides is 1. The monoisotopic (exact) mass is 469 g/mol. The summed E-state index contributed by atoms with van der Waals surface area (Å²) in [5.41, 5.74) is 1.45. The Morgan fingerprint density at radius 1 is 1.06 bits per heavy atom. The smallest absolute Gasteiger partial charge is 0.457 e. The third kappa shape index (κ3) is 5.57. The molecular weight excluding hydrogens is 437 g/mol. The van der Waals surface area contributed by atoms with Crippen molar-refractivity contribution in [2.75, 3.05) is 26.0 Å². The van der Waals surface area contributed by atoms with Crippen molar-refractivity contribution in [2.24, 2.45) is 0 Å². The van der Waals surface area contributed by atoms with Crippen molar-refractivity contribution < 1.29 is 23.8 Å². The Hall–Kier alpha value is -2.95. The molecular formula is C24H32BN3O6. The number of non-ortho nitro benzene ring substituents is 1. The van der Waals surface area contributed by atoms with E-state index in [1.807, 2.05) is 67.8 Å². The number of nitro benzene ring substituents is 1. The molecule has 182 valence electrons. The molecule has 0 spiro atoms. The third-order valence-corrected chi connectivity index (χ3v) is 6.07. The van der Waals surface area contributed by atoms with Crippen LogP contribution in [0.2, 0.25) is 0 Å². The predicted molar refractivity (Wildman–Crippen MR) is 132 cm³/mol. The van der Waals surface area contributed by atoms with Crippen LogP contribution in [0.4, 0.5) is 11.4 Å². The highest BCUT2D eigenvalue weighted by Gasteiger charge is 2.52. The van der Waals surface area contributed by atoms with Gasteiger partial charge in [-0.15, -0.1) is 0 Å². The zero-order valence-electron chi connectivity index (χ0n) is 21.0. The summed E-state index contributed by atoms with van der Waals surface area (Å²) in [5, 5.41) is 14.5. The van der Waals surface area contributed by atoms with Crippen LogP contribution in [0, 0.1) is 24.0 Å². The molecule has 0 saturated carbocycles. The fourth-order valence-electron chi connectivity index (χ4n) is 3.67. The Balaban J connectivity index is 1.91. The Bertz CT molecular complexity index is 1080. The standard InChI is InChI=1S/C24H32BN3O6/c1-15-9-18(26-21(29)14-27(7)8)10-16(2)22(15)32-20-12-17(11-19(13-20)28(30)31)25-33-23(3,4)24(5,6)34-25/h9-13H,14H2,1-8H3,(H,26,29). The first-order valence-corrected chi connectivity index (χ1v) is 11.1. The van der Waals surface area contributed by atoms with Gasteiger partial charge in [-0.2, -0.15) is 0 Å². The molecule has 0 aliphatic carbocycles. The van der Waals surface area contributed by atoms with E-state index in [0.29, 0.717) is 22.6 Å². The largest absolute Gasteiger partial charge is 0.495 e. The summed E-state index contributed by atoms with van der Waals surface area (Å²) in [5.74, 6) is 0.740. The molecule has 2 aromatic rings. The molecule has 9 nitrogen and oxygen atoms in total. The Kier molecular flexibility index (Phi) is 7.07. The van der Waals surface area contributed by atoms with Gasteiger partial charge in [-0.3, -0.25) is 14.9 Å². The van der Waals surface area contributed by atoms with E-state index in [4.69, 9.17) is 14.0 Å². The number of anilines is 1. The fourth-order valence-corrected chi connectivity index (χ4v) is 3.67. The van der Waals surface area contributed by atoms with Crippen molar-refractivity contribution in [1.82, 2.24) is 4.90 Å². The zero-order chi connectivity index (χ0) is 25.4. The quantitative estimate of drug-likeness (QED) is 0.374. The molecule has 0 bridgehead atoms. The second-order valence-electron chi connectivity index (χ2n) is 9.93. The molecule has 0 radical (unpaired) electrons. The summed E-state index contributed by atoms with van der Waals surface area (Å²) >= 11 is 0. The zero-order valence-corrected chi connectivity index (χ0v) is 21.0. The Morgan fingerprint density at radius 3 is 2.12 bits per heavy atom. The van der Waals surface area contributed by atoms with Crippen LogP contribution in [-0.4, -0.2) is 54.7 Å². The number of likely N-dealkylation sites (N-methyl/N-ethyl adjacent to an activating group) is 1. The SMILES string of the molecule is Cc1cc(NC(=O)CN(C)C)cc(C)c1Oc1cc(B2OC(C)(C)C(C)(C)O2)cc([N+](=O)[O-])c1. The fraction of sp³-hybridized carbons (Fsp3) is 0.458. The van der Waals surface area contributed by atoms with Crippen molar-refractivity contribution in [2.45, 2.75) is 52.7 Å². The molecule has 0 aromatic heterocycles. The summed E-state index contributed by atoms with van der Waals surface area (Å²) in [6.07, 6.45) is 0. The van der Waals surface area contributed by atoms with Crippen molar-refractivity contribution >= 4 is 29.9 Å². The van der Waals surface area contributed by atoms with E-state index in [1.54, 1.807) is 11.0 Å². The average Bonchev–Trinajstić information content (AvgIpc) is 2.91. The highest BCUT2D eigenvalue weighted by Crippen LogP contribution is 2.38. The second-order valence-corrected chi connectivity index (χ2v) is 9.93. The minimum atomic E-state index is -0.760. The van der Waals surface area contributed by atoms with Gasteiger partial charge in [0.2, 0.25) is 5.91 Å². The van der Waals surface area contributed by atoms with E-state index >= 15 is 0 Å². The van der Waals surface area contributed by atoms with Crippen LogP contribution >= 0.6 is 0 Å². The van der Waals surface area contributed by atoms with Crippen LogP contribution in [0.3, 0.4) is 0 Å². The van der Waals surface area contributed by atoms with Crippen LogP contribution < -0.4 is 15.5 Å². The predicted octanol–water partition coefficient (Wildman–Crippen LogP) is 3.80. The first-order valence-electron chi connectivity index (χ1n) is 11.1. The molecule has 10 heteroatoms. The number of hydrogen-bond donors (Lipinski definition) is 1. The van der Waals surface area contributed by atoms with E-state index in [2.05, 4.69) is 5.32 Å². The molecule has 1 saturated heterocycles. The highest BCUT2D eigenvalue weighted by molar-refractivity contribution is 6.62. The third-order valence-electron chi connectivity index (χ3n) is 6.07. The maximum atomic E-state index is 12.1. The number of carbonyl (C=O) groups excluding carboxylic acids is 1. The molecule has 1 amide bonds. The lowest BCUT2D eigenvalue weighted by atomic mass is 9.79. The van der Waals surface area contributed by atoms with Gasteiger partial charge in [-0.05, 0) is 90.4 Å². The maximum absolute atomic E-state index is 12.1. The molecule has 1 aliphatic rings. The van der Waals surface area contributed by atoms with Gasteiger partial charge in [-0.25, -0.2) is 0 Å². The number of hydrogen-bond acceptors (Lipinski definition) is 7. The molecule has 2 aromatic carbocycles.